The highest BCUT2D eigenvalue weighted by molar-refractivity contribution is 5.78. The summed E-state index contributed by atoms with van der Waals surface area (Å²) in [5.74, 6) is 3.95. The third-order valence-corrected chi connectivity index (χ3v) is 13.2. The van der Waals surface area contributed by atoms with Crippen LogP contribution in [0.15, 0.2) is 11.6 Å². The van der Waals surface area contributed by atoms with Gasteiger partial charge in [-0.05, 0) is 118 Å². The highest BCUT2D eigenvalue weighted by Crippen LogP contribution is 2.67. The Morgan fingerprint density at radius 2 is 1.77 bits per heavy atom. The van der Waals surface area contributed by atoms with Crippen LogP contribution in [0.5, 0.6) is 0 Å². The minimum Gasteiger partial charge on any atom is -0.393 e. The van der Waals surface area contributed by atoms with Crippen LogP contribution in [-0.4, -0.2) is 76.6 Å². The number of rotatable bonds is 4. The third-order valence-electron chi connectivity index (χ3n) is 13.2. The first-order valence-electron chi connectivity index (χ1n) is 16.8. The van der Waals surface area contributed by atoms with Crippen LogP contribution in [0.3, 0.4) is 0 Å². The SMILES string of the molecule is C[C@H](CCC(=O)N1CCN(C(=O)N2CCCC2)C[C@@H]1C)[C@H]1CC[C@H]2[C@@H]3CC=C4C[C@@H](O)CC[C@]4(C)[C@H]3CC[C@]12C. The van der Waals surface area contributed by atoms with Crippen LogP contribution in [0.25, 0.3) is 0 Å². The Morgan fingerprint density at radius 3 is 2.52 bits per heavy atom. The van der Waals surface area contributed by atoms with Crippen LogP contribution in [0.1, 0.15) is 105 Å². The van der Waals surface area contributed by atoms with Crippen LogP contribution in [0.4, 0.5) is 4.79 Å². The Kier molecular flexibility index (Phi) is 7.80. The average molecular weight is 554 g/mol. The maximum atomic E-state index is 13.4. The van der Waals surface area contributed by atoms with E-state index < -0.39 is 0 Å². The van der Waals surface area contributed by atoms with E-state index in [0.717, 1.165) is 69.4 Å². The molecular weight excluding hydrogens is 498 g/mol. The first kappa shape index (κ1) is 28.6. The molecule has 4 aliphatic carbocycles. The number of amides is 3. The van der Waals surface area contributed by atoms with Crippen LogP contribution >= 0.6 is 0 Å². The predicted molar refractivity (Wildman–Crippen MR) is 159 cm³/mol. The lowest BCUT2D eigenvalue weighted by atomic mass is 9.47. The summed E-state index contributed by atoms with van der Waals surface area (Å²) in [7, 11) is 0. The van der Waals surface area contributed by atoms with Gasteiger partial charge in [-0.1, -0.05) is 32.4 Å². The highest BCUT2D eigenvalue weighted by Gasteiger charge is 2.59. The van der Waals surface area contributed by atoms with Gasteiger partial charge in [0.1, 0.15) is 0 Å². The Balaban J connectivity index is 1.04. The maximum Gasteiger partial charge on any atom is 0.320 e. The van der Waals surface area contributed by atoms with E-state index in [-0.39, 0.29) is 24.1 Å². The lowest BCUT2D eigenvalue weighted by Crippen LogP contribution is -2.57. The van der Waals surface area contributed by atoms with Gasteiger partial charge in [0.15, 0.2) is 0 Å². The topological polar surface area (TPSA) is 64.1 Å². The highest BCUT2D eigenvalue weighted by atomic mass is 16.3. The molecule has 2 heterocycles. The Morgan fingerprint density at radius 1 is 1.00 bits per heavy atom. The number of aliphatic hydroxyl groups excluding tert-OH is 1. The third kappa shape index (κ3) is 4.82. The summed E-state index contributed by atoms with van der Waals surface area (Å²) in [5, 5.41) is 10.3. The summed E-state index contributed by atoms with van der Waals surface area (Å²) in [4.78, 5) is 32.3. The van der Waals surface area contributed by atoms with Gasteiger partial charge >= 0.3 is 6.03 Å². The molecule has 0 radical (unpaired) electrons. The van der Waals surface area contributed by atoms with E-state index in [1.165, 1.54) is 32.1 Å². The van der Waals surface area contributed by atoms with Crippen LogP contribution < -0.4 is 0 Å². The monoisotopic (exact) mass is 553 g/mol. The molecule has 6 aliphatic rings. The first-order valence-corrected chi connectivity index (χ1v) is 16.8. The summed E-state index contributed by atoms with van der Waals surface area (Å²) < 4.78 is 0. The van der Waals surface area contributed by atoms with E-state index >= 15 is 0 Å². The van der Waals surface area contributed by atoms with Gasteiger partial charge in [-0.15, -0.1) is 0 Å². The summed E-state index contributed by atoms with van der Waals surface area (Å²) in [6.07, 6.45) is 15.8. The minimum atomic E-state index is -0.131. The number of likely N-dealkylation sites (tertiary alicyclic amines) is 1. The van der Waals surface area contributed by atoms with Gasteiger partial charge in [0.25, 0.3) is 0 Å². The zero-order valence-corrected chi connectivity index (χ0v) is 25.7. The molecule has 0 unspecified atom stereocenters. The predicted octanol–water partition coefficient (Wildman–Crippen LogP) is 6.09. The molecule has 1 N–H and O–H groups in total. The van der Waals surface area contributed by atoms with Gasteiger partial charge in [0.05, 0.1) is 6.10 Å². The Bertz CT molecular complexity index is 1010. The van der Waals surface area contributed by atoms with Gasteiger partial charge < -0.3 is 19.8 Å². The van der Waals surface area contributed by atoms with Gasteiger partial charge in [0, 0.05) is 45.2 Å². The van der Waals surface area contributed by atoms with Crippen molar-refractivity contribution >= 4 is 11.9 Å². The number of piperazine rings is 1. The number of hydrogen-bond acceptors (Lipinski definition) is 3. The molecule has 40 heavy (non-hydrogen) atoms. The fourth-order valence-corrected chi connectivity index (χ4v) is 10.9. The van der Waals surface area contributed by atoms with E-state index in [4.69, 9.17) is 0 Å². The van der Waals surface area contributed by atoms with Crippen molar-refractivity contribution in [3.63, 3.8) is 0 Å². The van der Waals surface area contributed by atoms with Crippen molar-refractivity contribution in [3.05, 3.63) is 11.6 Å². The summed E-state index contributed by atoms with van der Waals surface area (Å²) >= 11 is 0. The summed E-state index contributed by atoms with van der Waals surface area (Å²) in [6, 6.07) is 0.266. The van der Waals surface area contributed by atoms with Gasteiger partial charge in [0.2, 0.25) is 5.91 Å². The zero-order chi connectivity index (χ0) is 28.2. The number of urea groups is 1. The molecule has 6 heteroatoms. The quantitative estimate of drug-likeness (QED) is 0.429. The molecule has 2 saturated heterocycles. The number of carbonyl (C=O) groups excluding carboxylic acids is 2. The molecule has 6 nitrogen and oxygen atoms in total. The van der Waals surface area contributed by atoms with E-state index in [9.17, 15) is 14.7 Å². The second-order valence-electron chi connectivity index (χ2n) is 15.3. The zero-order valence-electron chi connectivity index (χ0n) is 25.7. The van der Waals surface area contributed by atoms with Crippen LogP contribution in [0.2, 0.25) is 0 Å². The Labute approximate surface area is 242 Å². The van der Waals surface area contributed by atoms with Gasteiger partial charge in [-0.2, -0.15) is 0 Å². The molecule has 0 spiro atoms. The van der Waals surface area contributed by atoms with Gasteiger partial charge in [-0.3, -0.25) is 4.79 Å². The van der Waals surface area contributed by atoms with E-state index in [1.807, 2.05) is 9.80 Å². The fraction of sp³-hybridized carbons (Fsp3) is 0.882. The number of allylic oxidation sites excluding steroid dienone is 1. The number of hydrogen-bond donors (Lipinski definition) is 1. The summed E-state index contributed by atoms with van der Waals surface area (Å²) in [6.45, 7) is 13.4. The number of carbonyl (C=O) groups is 2. The van der Waals surface area contributed by atoms with Crippen LogP contribution in [0, 0.1) is 40.4 Å². The molecule has 6 rings (SSSR count). The maximum absolute atomic E-state index is 13.4. The van der Waals surface area contributed by atoms with E-state index in [2.05, 4.69) is 38.7 Å². The van der Waals surface area contributed by atoms with Crippen molar-refractivity contribution in [2.24, 2.45) is 40.4 Å². The standard InChI is InChI=1S/C34H55N3O3/c1-23(7-12-31(39)37-20-19-36(22-24(37)2)32(40)35-17-5-6-18-35)28-10-11-29-27-9-8-25-21-26(38)13-15-33(25,3)30(27)14-16-34(28,29)4/h8,23-24,26-30,38H,5-7,9-22H2,1-4H3/t23-,24+,26+,27+,28-,29+,30+,33+,34-/m1/s1. The minimum absolute atomic E-state index is 0.0956. The smallest absolute Gasteiger partial charge is 0.320 e. The lowest BCUT2D eigenvalue weighted by Gasteiger charge is -2.58. The molecule has 9 atom stereocenters. The Hall–Kier alpha value is -1.56. The summed E-state index contributed by atoms with van der Waals surface area (Å²) in [5.41, 5.74) is 2.27. The van der Waals surface area contributed by atoms with Crippen molar-refractivity contribution < 1.29 is 14.7 Å². The molecule has 0 aromatic carbocycles. The number of nitrogens with zero attached hydrogens (tertiary/aromatic N) is 3. The van der Waals surface area contributed by atoms with Crippen LogP contribution in [-0.2, 0) is 4.79 Å². The average Bonchev–Trinajstić information content (AvgIpc) is 3.59. The first-order chi connectivity index (χ1) is 19.1. The number of fused-ring (bicyclic) bond motifs is 5. The van der Waals surface area contributed by atoms with Crippen molar-refractivity contribution in [1.82, 2.24) is 14.7 Å². The van der Waals surface area contributed by atoms with Crippen molar-refractivity contribution in [3.8, 4) is 0 Å². The largest absolute Gasteiger partial charge is 0.393 e. The van der Waals surface area contributed by atoms with Crippen molar-refractivity contribution in [2.75, 3.05) is 32.7 Å². The molecule has 0 aromatic heterocycles. The van der Waals surface area contributed by atoms with E-state index in [1.54, 1.807) is 5.57 Å². The second-order valence-corrected chi connectivity index (χ2v) is 15.3. The van der Waals surface area contributed by atoms with Crippen molar-refractivity contribution in [1.29, 1.82) is 0 Å². The normalized spacial score (nSPS) is 42.1. The molecule has 5 fully saturated rings. The molecular formula is C34H55N3O3. The molecule has 3 amide bonds. The van der Waals surface area contributed by atoms with Crippen molar-refractivity contribution in [2.45, 2.75) is 117 Å². The van der Waals surface area contributed by atoms with Gasteiger partial charge in [-0.25, -0.2) is 4.79 Å². The molecule has 2 aliphatic heterocycles. The van der Waals surface area contributed by atoms with E-state index in [0.29, 0.717) is 48.7 Å². The lowest BCUT2D eigenvalue weighted by molar-refractivity contribution is -0.135. The number of aliphatic hydroxyl groups is 1. The molecule has 0 bridgehead atoms. The molecule has 3 saturated carbocycles. The fourth-order valence-electron chi connectivity index (χ4n) is 10.9. The molecule has 0 aromatic rings. The molecule has 224 valence electrons. The second kappa shape index (κ2) is 10.9.